The van der Waals surface area contributed by atoms with Crippen LogP contribution in [0.2, 0.25) is 0 Å². The number of hydrogen-bond donors (Lipinski definition) is 1. The van der Waals surface area contributed by atoms with Gasteiger partial charge in [0.05, 0.1) is 6.54 Å². The molecule has 3 nitrogen and oxygen atoms in total. The molecule has 0 aliphatic heterocycles. The SMILES string of the molecule is Cc1ccc2c(C[NH2+]CCCc3ccccc3)cc(=O)oc2c1C. The largest absolute Gasteiger partial charge is 0.422 e. The van der Waals surface area contributed by atoms with Crippen LogP contribution in [0, 0.1) is 13.8 Å². The first kappa shape index (κ1) is 16.5. The number of hydrogen-bond acceptors (Lipinski definition) is 2. The zero-order valence-electron chi connectivity index (χ0n) is 14.3. The van der Waals surface area contributed by atoms with Crippen molar-refractivity contribution < 1.29 is 9.73 Å². The minimum Gasteiger partial charge on any atom is -0.422 e. The van der Waals surface area contributed by atoms with Gasteiger partial charge in [0.15, 0.2) is 0 Å². The fourth-order valence-corrected chi connectivity index (χ4v) is 3.05. The van der Waals surface area contributed by atoms with E-state index in [2.05, 4.69) is 41.7 Å². The first-order valence-electron chi connectivity index (χ1n) is 8.53. The molecule has 2 aromatic carbocycles. The van der Waals surface area contributed by atoms with Gasteiger partial charge in [0.2, 0.25) is 0 Å². The third kappa shape index (κ3) is 3.74. The molecule has 0 saturated carbocycles. The number of quaternary nitrogens is 1. The molecule has 24 heavy (non-hydrogen) atoms. The van der Waals surface area contributed by atoms with Crippen LogP contribution in [0.15, 0.2) is 57.7 Å². The van der Waals surface area contributed by atoms with Crippen LogP contribution in [0.4, 0.5) is 0 Å². The molecule has 3 heteroatoms. The molecular weight excluding hydrogens is 298 g/mol. The fourth-order valence-electron chi connectivity index (χ4n) is 3.05. The third-order valence-corrected chi connectivity index (χ3v) is 4.60. The average molecular weight is 322 g/mol. The van der Waals surface area contributed by atoms with E-state index >= 15 is 0 Å². The second-order valence-electron chi connectivity index (χ2n) is 6.35. The van der Waals surface area contributed by atoms with E-state index in [1.807, 2.05) is 19.9 Å². The van der Waals surface area contributed by atoms with Gasteiger partial charge in [-0.05, 0) is 37.0 Å². The summed E-state index contributed by atoms with van der Waals surface area (Å²) in [6, 6.07) is 16.3. The van der Waals surface area contributed by atoms with Crippen LogP contribution in [-0.4, -0.2) is 6.54 Å². The predicted molar refractivity (Wildman–Crippen MR) is 97.2 cm³/mol. The molecule has 3 aromatic rings. The van der Waals surface area contributed by atoms with Gasteiger partial charge in [0.25, 0.3) is 0 Å². The summed E-state index contributed by atoms with van der Waals surface area (Å²) in [6.07, 6.45) is 2.22. The lowest BCUT2D eigenvalue weighted by Crippen LogP contribution is -2.82. The molecule has 0 bridgehead atoms. The van der Waals surface area contributed by atoms with Crippen LogP contribution >= 0.6 is 0 Å². The lowest BCUT2D eigenvalue weighted by atomic mass is 10.0. The highest BCUT2D eigenvalue weighted by Crippen LogP contribution is 2.22. The van der Waals surface area contributed by atoms with Crippen molar-refractivity contribution in [3.63, 3.8) is 0 Å². The summed E-state index contributed by atoms with van der Waals surface area (Å²) in [7, 11) is 0. The number of fused-ring (bicyclic) bond motifs is 1. The third-order valence-electron chi connectivity index (χ3n) is 4.60. The minimum absolute atomic E-state index is 0.260. The van der Waals surface area contributed by atoms with E-state index in [1.165, 1.54) is 5.56 Å². The van der Waals surface area contributed by atoms with E-state index < -0.39 is 0 Å². The predicted octanol–water partition coefficient (Wildman–Crippen LogP) is 3.11. The van der Waals surface area contributed by atoms with Gasteiger partial charge in [-0.25, -0.2) is 4.79 Å². The van der Waals surface area contributed by atoms with E-state index in [1.54, 1.807) is 6.07 Å². The Morgan fingerprint density at radius 3 is 2.62 bits per heavy atom. The van der Waals surface area contributed by atoms with E-state index in [4.69, 9.17) is 4.42 Å². The molecule has 0 radical (unpaired) electrons. The summed E-state index contributed by atoms with van der Waals surface area (Å²) in [4.78, 5) is 11.9. The Kier molecular flexibility index (Phi) is 5.11. The van der Waals surface area contributed by atoms with Crippen molar-refractivity contribution in [1.82, 2.24) is 0 Å². The first-order valence-corrected chi connectivity index (χ1v) is 8.53. The molecule has 0 saturated heterocycles. The lowest BCUT2D eigenvalue weighted by Gasteiger charge is -2.08. The van der Waals surface area contributed by atoms with E-state index in [9.17, 15) is 4.79 Å². The minimum atomic E-state index is -0.260. The number of nitrogens with two attached hydrogens (primary N) is 1. The van der Waals surface area contributed by atoms with Crippen molar-refractivity contribution in [1.29, 1.82) is 0 Å². The summed E-state index contributed by atoms with van der Waals surface area (Å²) in [5, 5.41) is 3.32. The molecule has 0 aliphatic carbocycles. The zero-order chi connectivity index (χ0) is 16.9. The zero-order valence-corrected chi connectivity index (χ0v) is 14.3. The van der Waals surface area contributed by atoms with Crippen molar-refractivity contribution in [2.75, 3.05) is 6.54 Å². The number of benzene rings is 2. The smallest absolute Gasteiger partial charge is 0.336 e. The molecule has 1 heterocycles. The van der Waals surface area contributed by atoms with Crippen LogP contribution in [-0.2, 0) is 13.0 Å². The first-order chi connectivity index (χ1) is 11.6. The maximum Gasteiger partial charge on any atom is 0.336 e. The molecular formula is C21H24NO2+. The van der Waals surface area contributed by atoms with Gasteiger partial charge < -0.3 is 9.73 Å². The van der Waals surface area contributed by atoms with Crippen LogP contribution in [0.1, 0.15) is 28.7 Å². The van der Waals surface area contributed by atoms with Crippen molar-refractivity contribution in [3.05, 3.63) is 81.2 Å². The Morgan fingerprint density at radius 2 is 1.83 bits per heavy atom. The van der Waals surface area contributed by atoms with Crippen molar-refractivity contribution >= 4 is 11.0 Å². The molecule has 0 spiro atoms. The van der Waals surface area contributed by atoms with E-state index in [0.29, 0.717) is 0 Å². The summed E-state index contributed by atoms with van der Waals surface area (Å²) in [5.41, 5.74) is 5.11. The van der Waals surface area contributed by atoms with Crippen molar-refractivity contribution in [2.24, 2.45) is 0 Å². The highest BCUT2D eigenvalue weighted by atomic mass is 16.4. The molecule has 0 unspecified atom stereocenters. The Balaban J connectivity index is 1.65. The van der Waals surface area contributed by atoms with Crippen LogP contribution in [0.5, 0.6) is 0 Å². The molecule has 0 atom stereocenters. The molecule has 0 amide bonds. The second-order valence-corrected chi connectivity index (χ2v) is 6.35. The van der Waals surface area contributed by atoms with Gasteiger partial charge in [-0.1, -0.05) is 42.5 Å². The Hall–Kier alpha value is -2.39. The summed E-state index contributed by atoms with van der Waals surface area (Å²) < 4.78 is 5.43. The topological polar surface area (TPSA) is 46.8 Å². The summed E-state index contributed by atoms with van der Waals surface area (Å²) in [5.74, 6) is 0. The molecule has 2 N–H and O–H groups in total. The summed E-state index contributed by atoms with van der Waals surface area (Å²) >= 11 is 0. The molecule has 1 aromatic heterocycles. The Morgan fingerprint density at radius 1 is 1.04 bits per heavy atom. The van der Waals surface area contributed by atoms with Crippen LogP contribution < -0.4 is 10.9 Å². The second kappa shape index (κ2) is 7.45. The van der Waals surface area contributed by atoms with Crippen LogP contribution in [0.25, 0.3) is 11.0 Å². The Labute approximate surface area is 142 Å². The van der Waals surface area contributed by atoms with Crippen molar-refractivity contribution in [2.45, 2.75) is 33.2 Å². The molecule has 0 fully saturated rings. The highest BCUT2D eigenvalue weighted by molar-refractivity contribution is 5.83. The van der Waals surface area contributed by atoms with Gasteiger partial charge in [-0.3, -0.25) is 0 Å². The standard InChI is InChI=1S/C21H23NO2/c1-15-10-11-19-18(13-20(23)24-21(19)16(15)2)14-22-12-6-9-17-7-4-3-5-8-17/h3-5,7-8,10-11,13,22H,6,9,12,14H2,1-2H3/p+1. The van der Waals surface area contributed by atoms with Gasteiger partial charge in [0.1, 0.15) is 12.1 Å². The van der Waals surface area contributed by atoms with Gasteiger partial charge >= 0.3 is 5.63 Å². The number of aryl methyl sites for hydroxylation is 3. The average Bonchev–Trinajstić information content (AvgIpc) is 2.59. The van der Waals surface area contributed by atoms with Gasteiger partial charge in [-0.15, -0.1) is 0 Å². The normalized spacial score (nSPS) is 11.1. The van der Waals surface area contributed by atoms with Crippen molar-refractivity contribution in [3.8, 4) is 0 Å². The fraction of sp³-hybridized carbons (Fsp3) is 0.286. The maximum absolute atomic E-state index is 11.9. The number of rotatable bonds is 6. The quantitative estimate of drug-likeness (QED) is 0.560. The Bertz CT molecular complexity index is 881. The van der Waals surface area contributed by atoms with Gasteiger partial charge in [0, 0.05) is 23.4 Å². The van der Waals surface area contributed by atoms with E-state index in [-0.39, 0.29) is 5.63 Å². The lowest BCUT2D eigenvalue weighted by molar-refractivity contribution is -0.670. The monoisotopic (exact) mass is 322 g/mol. The van der Waals surface area contributed by atoms with E-state index in [0.717, 1.165) is 53.6 Å². The highest BCUT2D eigenvalue weighted by Gasteiger charge is 2.10. The maximum atomic E-state index is 11.9. The summed E-state index contributed by atoms with van der Waals surface area (Å²) in [6.45, 7) is 5.89. The molecule has 124 valence electrons. The molecule has 0 aliphatic rings. The molecule has 3 rings (SSSR count). The van der Waals surface area contributed by atoms with Crippen LogP contribution in [0.3, 0.4) is 0 Å². The van der Waals surface area contributed by atoms with Gasteiger partial charge in [-0.2, -0.15) is 0 Å².